The Balaban J connectivity index is 2.33. The van der Waals surface area contributed by atoms with E-state index in [1.807, 2.05) is 0 Å². The van der Waals surface area contributed by atoms with E-state index in [0.717, 1.165) is 0 Å². The molecule has 0 amide bonds. The third-order valence-corrected chi connectivity index (χ3v) is 3.96. The molecule has 0 radical (unpaired) electrons. The number of hydrogen-bond acceptors (Lipinski definition) is 3. The van der Waals surface area contributed by atoms with Crippen molar-refractivity contribution in [1.82, 2.24) is 0 Å². The first-order valence-corrected chi connectivity index (χ1v) is 7.15. The summed E-state index contributed by atoms with van der Waals surface area (Å²) < 4.78 is 10.5. The van der Waals surface area contributed by atoms with E-state index < -0.39 is 6.10 Å². The van der Waals surface area contributed by atoms with E-state index >= 15 is 0 Å². The van der Waals surface area contributed by atoms with Crippen LogP contribution in [0.3, 0.4) is 0 Å². The van der Waals surface area contributed by atoms with Crippen molar-refractivity contribution in [3.05, 3.63) is 57.6 Å². The second-order valence-electron chi connectivity index (χ2n) is 4.53. The van der Waals surface area contributed by atoms with Gasteiger partial charge in [0.1, 0.15) is 11.5 Å². The van der Waals surface area contributed by atoms with Gasteiger partial charge in [-0.15, -0.1) is 0 Å². The van der Waals surface area contributed by atoms with Crippen molar-refractivity contribution in [2.24, 2.45) is 0 Å². The maximum Gasteiger partial charge on any atom is 0.124 e. The van der Waals surface area contributed by atoms with Crippen LogP contribution in [0.15, 0.2) is 36.4 Å². The lowest BCUT2D eigenvalue weighted by atomic mass is 10.00. The fraction of sp³-hybridized carbons (Fsp3) is 0.250. The summed E-state index contributed by atoms with van der Waals surface area (Å²) >= 11 is 12.3. The van der Waals surface area contributed by atoms with Gasteiger partial charge in [-0.05, 0) is 35.9 Å². The molecule has 0 heterocycles. The van der Waals surface area contributed by atoms with E-state index in [1.54, 1.807) is 50.6 Å². The molecule has 21 heavy (non-hydrogen) atoms. The van der Waals surface area contributed by atoms with Crippen LogP contribution in [0, 0.1) is 0 Å². The van der Waals surface area contributed by atoms with E-state index in [2.05, 4.69) is 0 Å². The topological polar surface area (TPSA) is 38.7 Å². The van der Waals surface area contributed by atoms with Crippen LogP contribution in [-0.2, 0) is 6.42 Å². The zero-order valence-electron chi connectivity index (χ0n) is 11.8. The highest BCUT2D eigenvalue weighted by molar-refractivity contribution is 6.36. The zero-order chi connectivity index (χ0) is 15.4. The lowest BCUT2D eigenvalue weighted by molar-refractivity contribution is 0.173. The highest BCUT2D eigenvalue weighted by Gasteiger charge is 2.18. The Bertz CT molecular complexity index is 609. The maximum absolute atomic E-state index is 10.5. The Kier molecular flexibility index (Phi) is 5.34. The van der Waals surface area contributed by atoms with E-state index in [0.29, 0.717) is 39.1 Å². The molecule has 3 nitrogen and oxygen atoms in total. The van der Waals surface area contributed by atoms with E-state index in [4.69, 9.17) is 32.7 Å². The predicted molar refractivity (Wildman–Crippen MR) is 84.7 cm³/mol. The van der Waals surface area contributed by atoms with Crippen molar-refractivity contribution >= 4 is 23.2 Å². The Morgan fingerprint density at radius 3 is 2.29 bits per heavy atom. The molecule has 1 atom stereocenters. The number of benzene rings is 2. The van der Waals surface area contributed by atoms with Crippen LogP contribution >= 0.6 is 23.2 Å². The minimum Gasteiger partial charge on any atom is -0.497 e. The van der Waals surface area contributed by atoms with Crippen LogP contribution in [0.25, 0.3) is 0 Å². The summed E-state index contributed by atoms with van der Waals surface area (Å²) in [5, 5.41) is 11.6. The number of aliphatic hydroxyl groups excluding tert-OH is 1. The normalized spacial score (nSPS) is 12.0. The van der Waals surface area contributed by atoms with Crippen LogP contribution < -0.4 is 9.47 Å². The number of aliphatic hydroxyl groups is 1. The Morgan fingerprint density at radius 1 is 1.05 bits per heavy atom. The molecule has 0 aliphatic heterocycles. The second kappa shape index (κ2) is 7.03. The quantitative estimate of drug-likeness (QED) is 0.890. The molecule has 112 valence electrons. The Morgan fingerprint density at radius 2 is 1.71 bits per heavy atom. The van der Waals surface area contributed by atoms with Gasteiger partial charge in [-0.25, -0.2) is 0 Å². The molecule has 0 aromatic heterocycles. The Hall–Kier alpha value is -1.42. The molecule has 0 bridgehead atoms. The van der Waals surface area contributed by atoms with Gasteiger partial charge in [0.15, 0.2) is 0 Å². The summed E-state index contributed by atoms with van der Waals surface area (Å²) in [5.41, 5.74) is 1.34. The number of halogens is 2. The minimum atomic E-state index is -0.799. The lowest BCUT2D eigenvalue weighted by Gasteiger charge is -2.17. The molecular formula is C16H16Cl2O3. The van der Waals surface area contributed by atoms with E-state index in [9.17, 15) is 5.11 Å². The van der Waals surface area contributed by atoms with Crippen LogP contribution in [0.4, 0.5) is 0 Å². The van der Waals surface area contributed by atoms with Crippen molar-refractivity contribution in [3.63, 3.8) is 0 Å². The summed E-state index contributed by atoms with van der Waals surface area (Å²) in [6, 6.07) is 10.5. The van der Waals surface area contributed by atoms with Crippen LogP contribution in [0.1, 0.15) is 17.2 Å². The second-order valence-corrected chi connectivity index (χ2v) is 5.34. The minimum absolute atomic E-state index is 0.294. The number of hydrogen-bond donors (Lipinski definition) is 1. The van der Waals surface area contributed by atoms with Gasteiger partial charge in [0.2, 0.25) is 0 Å². The molecule has 0 spiro atoms. The standard InChI is InChI=1S/C16H16Cl2O3/c1-20-10-6-7-16(21-2)12(8-10)15(19)9-11-13(17)4-3-5-14(11)18/h3-8,15,19H,9H2,1-2H3. The molecule has 0 aliphatic carbocycles. The van der Waals surface area contributed by atoms with Crippen molar-refractivity contribution < 1.29 is 14.6 Å². The fourth-order valence-electron chi connectivity index (χ4n) is 2.13. The van der Waals surface area contributed by atoms with Gasteiger partial charge in [0.05, 0.1) is 20.3 Å². The molecule has 1 unspecified atom stereocenters. The number of methoxy groups -OCH3 is 2. The molecule has 5 heteroatoms. The highest BCUT2D eigenvalue weighted by Crippen LogP contribution is 2.34. The van der Waals surface area contributed by atoms with Gasteiger partial charge in [0, 0.05) is 22.0 Å². The molecule has 2 aromatic carbocycles. The van der Waals surface area contributed by atoms with Crippen LogP contribution in [-0.4, -0.2) is 19.3 Å². The molecule has 0 aliphatic rings. The third-order valence-electron chi connectivity index (χ3n) is 3.26. The van der Waals surface area contributed by atoms with Crippen molar-refractivity contribution in [3.8, 4) is 11.5 Å². The molecule has 1 N–H and O–H groups in total. The average molecular weight is 327 g/mol. The molecular weight excluding hydrogens is 311 g/mol. The van der Waals surface area contributed by atoms with Crippen molar-refractivity contribution in [1.29, 1.82) is 0 Å². The van der Waals surface area contributed by atoms with Gasteiger partial charge < -0.3 is 14.6 Å². The Labute approximate surface area is 134 Å². The SMILES string of the molecule is COc1ccc(OC)c(C(O)Cc2c(Cl)cccc2Cl)c1. The monoisotopic (exact) mass is 326 g/mol. The third kappa shape index (κ3) is 3.62. The first-order valence-electron chi connectivity index (χ1n) is 6.39. The summed E-state index contributed by atoms with van der Waals surface area (Å²) in [6.07, 6.45) is -0.505. The fourth-order valence-corrected chi connectivity index (χ4v) is 2.68. The van der Waals surface area contributed by atoms with Gasteiger partial charge >= 0.3 is 0 Å². The number of rotatable bonds is 5. The summed E-state index contributed by atoms with van der Waals surface area (Å²) in [5.74, 6) is 1.24. The molecule has 0 saturated heterocycles. The zero-order valence-corrected chi connectivity index (χ0v) is 13.3. The molecule has 0 saturated carbocycles. The van der Waals surface area contributed by atoms with Crippen molar-refractivity contribution in [2.45, 2.75) is 12.5 Å². The van der Waals surface area contributed by atoms with Crippen LogP contribution in [0.2, 0.25) is 10.0 Å². The number of ether oxygens (including phenoxy) is 2. The van der Waals surface area contributed by atoms with E-state index in [-0.39, 0.29) is 0 Å². The molecule has 2 aromatic rings. The van der Waals surface area contributed by atoms with E-state index in [1.165, 1.54) is 0 Å². The largest absolute Gasteiger partial charge is 0.497 e. The van der Waals surface area contributed by atoms with Gasteiger partial charge in [0.25, 0.3) is 0 Å². The predicted octanol–water partition coefficient (Wildman–Crippen LogP) is 4.29. The molecule has 0 fully saturated rings. The first kappa shape index (κ1) is 16.0. The van der Waals surface area contributed by atoms with Gasteiger partial charge in [-0.2, -0.15) is 0 Å². The molecule has 2 rings (SSSR count). The van der Waals surface area contributed by atoms with Gasteiger partial charge in [-0.1, -0.05) is 29.3 Å². The van der Waals surface area contributed by atoms with Gasteiger partial charge in [-0.3, -0.25) is 0 Å². The van der Waals surface area contributed by atoms with Crippen LogP contribution in [0.5, 0.6) is 11.5 Å². The van der Waals surface area contributed by atoms with Crippen molar-refractivity contribution in [2.75, 3.05) is 14.2 Å². The first-order chi connectivity index (χ1) is 10.1. The summed E-state index contributed by atoms with van der Waals surface area (Å²) in [6.45, 7) is 0. The smallest absolute Gasteiger partial charge is 0.124 e. The lowest BCUT2D eigenvalue weighted by Crippen LogP contribution is -2.05. The average Bonchev–Trinajstić information content (AvgIpc) is 2.50. The summed E-state index contributed by atoms with van der Waals surface area (Å²) in [4.78, 5) is 0. The maximum atomic E-state index is 10.5. The summed E-state index contributed by atoms with van der Waals surface area (Å²) in [7, 11) is 3.13. The highest BCUT2D eigenvalue weighted by atomic mass is 35.5.